The fraction of sp³-hybridized carbons (Fsp3) is 0.231. The topological polar surface area (TPSA) is 125 Å². The zero-order chi connectivity index (χ0) is 17.4. The van der Waals surface area contributed by atoms with Gasteiger partial charge in [-0.1, -0.05) is 0 Å². The number of methoxy groups -OCH3 is 1. The molecule has 10 heteroatoms. The van der Waals surface area contributed by atoms with Crippen molar-refractivity contribution in [2.75, 3.05) is 17.6 Å². The van der Waals surface area contributed by atoms with Gasteiger partial charge in [0.1, 0.15) is 11.6 Å². The highest BCUT2D eigenvalue weighted by Crippen LogP contribution is 2.19. The van der Waals surface area contributed by atoms with Crippen LogP contribution in [0.25, 0.3) is 0 Å². The number of anilines is 2. The summed E-state index contributed by atoms with van der Waals surface area (Å²) in [5, 5.41) is 0. The number of nitrogen functional groups attached to an aromatic ring is 1. The van der Waals surface area contributed by atoms with Crippen molar-refractivity contribution in [1.29, 1.82) is 0 Å². The van der Waals surface area contributed by atoms with Crippen LogP contribution in [0.1, 0.15) is 0 Å². The lowest BCUT2D eigenvalue weighted by atomic mass is 10.3. The van der Waals surface area contributed by atoms with Crippen molar-refractivity contribution in [2.24, 2.45) is 14.1 Å². The van der Waals surface area contributed by atoms with Crippen LogP contribution in [0.15, 0.2) is 38.8 Å². The fourth-order valence-electron chi connectivity index (χ4n) is 1.95. The number of sulfonamides is 1. The molecular formula is C13H16N4O5S. The molecule has 9 nitrogen and oxygen atoms in total. The van der Waals surface area contributed by atoms with E-state index in [9.17, 15) is 18.0 Å². The molecule has 0 aliphatic carbocycles. The first-order chi connectivity index (χ1) is 10.7. The molecule has 0 spiro atoms. The fourth-order valence-corrected chi connectivity index (χ4v) is 3.27. The molecule has 2 aromatic rings. The van der Waals surface area contributed by atoms with Crippen molar-refractivity contribution < 1.29 is 13.2 Å². The highest BCUT2D eigenvalue weighted by Gasteiger charge is 2.26. The summed E-state index contributed by atoms with van der Waals surface area (Å²) in [5.41, 5.74) is 4.17. The Kier molecular flexibility index (Phi) is 4.19. The predicted molar refractivity (Wildman–Crippen MR) is 85.1 cm³/mol. The van der Waals surface area contributed by atoms with E-state index < -0.39 is 32.0 Å². The van der Waals surface area contributed by atoms with Gasteiger partial charge in [-0.05, 0) is 24.3 Å². The molecule has 124 valence electrons. The minimum Gasteiger partial charge on any atom is -0.497 e. The largest absolute Gasteiger partial charge is 0.497 e. The zero-order valence-corrected chi connectivity index (χ0v) is 13.5. The summed E-state index contributed by atoms with van der Waals surface area (Å²) >= 11 is 0. The lowest BCUT2D eigenvalue weighted by Gasteiger charge is -2.13. The molecule has 0 unspecified atom stereocenters. The molecule has 23 heavy (non-hydrogen) atoms. The van der Waals surface area contributed by atoms with E-state index in [4.69, 9.17) is 10.5 Å². The first-order valence-corrected chi connectivity index (χ1v) is 7.89. The molecule has 0 saturated heterocycles. The number of nitrogens with zero attached hydrogens (tertiary/aromatic N) is 2. The van der Waals surface area contributed by atoms with E-state index in [1.807, 2.05) is 0 Å². The van der Waals surface area contributed by atoms with Gasteiger partial charge in [-0.15, -0.1) is 0 Å². The number of nitrogens with two attached hydrogens (primary N) is 1. The number of rotatable bonds is 4. The Morgan fingerprint density at radius 2 is 1.65 bits per heavy atom. The van der Waals surface area contributed by atoms with E-state index >= 15 is 0 Å². The van der Waals surface area contributed by atoms with E-state index in [0.29, 0.717) is 10.3 Å². The smallest absolute Gasteiger partial charge is 0.332 e. The number of benzene rings is 1. The second kappa shape index (κ2) is 5.80. The quantitative estimate of drug-likeness (QED) is 0.771. The number of ether oxygens (including phenoxy) is 1. The monoisotopic (exact) mass is 340 g/mol. The van der Waals surface area contributed by atoms with Crippen molar-refractivity contribution in [1.82, 2.24) is 9.13 Å². The summed E-state index contributed by atoms with van der Waals surface area (Å²) in [6.07, 6.45) is 0. The van der Waals surface area contributed by atoms with Gasteiger partial charge in [0, 0.05) is 19.8 Å². The summed E-state index contributed by atoms with van der Waals surface area (Å²) in [5.74, 6) is 0.115. The van der Waals surface area contributed by atoms with E-state index in [0.717, 1.165) is 4.57 Å². The maximum Gasteiger partial charge on any atom is 0.332 e. The molecule has 0 bridgehead atoms. The predicted octanol–water partition coefficient (Wildman–Crippen LogP) is -0.524. The third-order valence-corrected chi connectivity index (χ3v) is 4.70. The van der Waals surface area contributed by atoms with Gasteiger partial charge < -0.3 is 10.5 Å². The molecule has 1 aromatic heterocycles. The van der Waals surface area contributed by atoms with Crippen LogP contribution in [0.3, 0.4) is 0 Å². The molecule has 0 amide bonds. The first kappa shape index (κ1) is 16.6. The molecule has 0 aliphatic rings. The van der Waals surface area contributed by atoms with Crippen molar-refractivity contribution in [3.05, 3.63) is 45.1 Å². The normalized spacial score (nSPS) is 11.3. The highest BCUT2D eigenvalue weighted by atomic mass is 32.2. The van der Waals surface area contributed by atoms with Crippen LogP contribution in [-0.2, 0) is 24.1 Å². The Bertz CT molecular complexity index is 958. The van der Waals surface area contributed by atoms with Gasteiger partial charge in [0.25, 0.3) is 15.6 Å². The van der Waals surface area contributed by atoms with Crippen LogP contribution < -0.4 is 26.4 Å². The van der Waals surface area contributed by atoms with Crippen LogP contribution in [-0.4, -0.2) is 24.7 Å². The number of hydrogen-bond acceptors (Lipinski definition) is 6. The third kappa shape index (κ3) is 2.93. The van der Waals surface area contributed by atoms with E-state index in [1.54, 1.807) is 12.1 Å². The van der Waals surface area contributed by atoms with Crippen molar-refractivity contribution in [3.8, 4) is 5.75 Å². The second-order valence-electron chi connectivity index (χ2n) is 4.75. The van der Waals surface area contributed by atoms with Crippen LogP contribution >= 0.6 is 0 Å². The van der Waals surface area contributed by atoms with Crippen molar-refractivity contribution in [3.63, 3.8) is 0 Å². The molecular weight excluding hydrogens is 324 g/mol. The van der Waals surface area contributed by atoms with Gasteiger partial charge in [-0.2, -0.15) is 0 Å². The zero-order valence-electron chi connectivity index (χ0n) is 12.7. The van der Waals surface area contributed by atoms with Gasteiger partial charge in [0.15, 0.2) is 4.90 Å². The average Bonchev–Trinajstić information content (AvgIpc) is 2.51. The van der Waals surface area contributed by atoms with Crippen LogP contribution in [0.5, 0.6) is 5.75 Å². The molecule has 0 aliphatic heterocycles. The molecule has 0 atom stereocenters. The van der Waals surface area contributed by atoms with Crippen LogP contribution in [0, 0.1) is 0 Å². The van der Waals surface area contributed by atoms with Crippen LogP contribution in [0.4, 0.5) is 11.5 Å². The van der Waals surface area contributed by atoms with Crippen LogP contribution in [0.2, 0.25) is 0 Å². The molecule has 0 saturated carbocycles. The standard InChI is InChI=1S/C13H16N4O5S/c1-16-11(14)10(12(18)17(2)13(16)19)23(20,21)15-8-4-6-9(22-3)7-5-8/h4-7,15H,14H2,1-3H3. The van der Waals surface area contributed by atoms with Crippen molar-refractivity contribution in [2.45, 2.75) is 4.90 Å². The maximum absolute atomic E-state index is 12.5. The molecule has 1 aromatic carbocycles. The Morgan fingerprint density at radius 1 is 1.09 bits per heavy atom. The van der Waals surface area contributed by atoms with Crippen molar-refractivity contribution >= 4 is 21.5 Å². The molecule has 2 rings (SSSR count). The Morgan fingerprint density at radius 3 is 2.17 bits per heavy atom. The molecule has 1 heterocycles. The first-order valence-electron chi connectivity index (χ1n) is 6.41. The van der Waals surface area contributed by atoms with Gasteiger partial charge in [0.05, 0.1) is 7.11 Å². The second-order valence-corrected chi connectivity index (χ2v) is 6.37. The van der Waals surface area contributed by atoms with E-state index in [1.165, 1.54) is 33.3 Å². The van der Waals surface area contributed by atoms with E-state index in [-0.39, 0.29) is 5.69 Å². The van der Waals surface area contributed by atoms with Gasteiger partial charge in [0.2, 0.25) is 0 Å². The summed E-state index contributed by atoms with van der Waals surface area (Å²) in [7, 11) is -0.326. The molecule has 0 radical (unpaired) electrons. The lowest BCUT2D eigenvalue weighted by molar-refractivity contribution is 0.415. The Balaban J connectivity index is 2.56. The SMILES string of the molecule is COc1ccc(NS(=O)(=O)c2c(N)n(C)c(=O)n(C)c2=O)cc1. The Hall–Kier alpha value is -2.75. The summed E-state index contributed by atoms with van der Waals surface area (Å²) in [6.45, 7) is 0. The highest BCUT2D eigenvalue weighted by molar-refractivity contribution is 7.92. The summed E-state index contributed by atoms with van der Waals surface area (Å²) in [4.78, 5) is 23.2. The van der Waals surface area contributed by atoms with Gasteiger partial charge in [-0.3, -0.25) is 18.7 Å². The minimum absolute atomic E-state index is 0.223. The lowest BCUT2D eigenvalue weighted by Crippen LogP contribution is -2.42. The Labute approximate surface area is 132 Å². The molecule has 0 fully saturated rings. The maximum atomic E-state index is 12.5. The average molecular weight is 340 g/mol. The number of nitrogens with one attached hydrogen (secondary N) is 1. The molecule has 3 N–H and O–H groups in total. The summed E-state index contributed by atoms with van der Waals surface area (Å²) < 4.78 is 33.7. The summed E-state index contributed by atoms with van der Waals surface area (Å²) in [6, 6.07) is 6.05. The van der Waals surface area contributed by atoms with Gasteiger partial charge >= 0.3 is 5.69 Å². The third-order valence-electron chi connectivity index (χ3n) is 3.28. The van der Waals surface area contributed by atoms with Gasteiger partial charge in [-0.25, -0.2) is 13.2 Å². The number of aromatic nitrogens is 2. The number of hydrogen-bond donors (Lipinski definition) is 2. The van der Waals surface area contributed by atoms with E-state index in [2.05, 4.69) is 4.72 Å². The minimum atomic E-state index is -4.26.